The summed E-state index contributed by atoms with van der Waals surface area (Å²) in [7, 11) is 1.81. The molecule has 1 unspecified atom stereocenters. The van der Waals surface area contributed by atoms with E-state index in [1.165, 1.54) is 0 Å². The summed E-state index contributed by atoms with van der Waals surface area (Å²) in [5.74, 6) is 0. The maximum absolute atomic E-state index is 10.3. The number of hydrogen-bond acceptors (Lipinski definition) is 3. The lowest BCUT2D eigenvalue weighted by atomic mass is 10.0. The summed E-state index contributed by atoms with van der Waals surface area (Å²) in [5, 5.41) is 14.8. The molecule has 1 amide bonds. The second-order valence-corrected chi connectivity index (χ2v) is 3.33. The Hall–Kier alpha value is -1.55. The van der Waals surface area contributed by atoms with Crippen LogP contribution in [-0.4, -0.2) is 18.6 Å². The highest BCUT2D eigenvalue weighted by Gasteiger charge is 2.06. The molecule has 0 saturated heterocycles. The van der Waals surface area contributed by atoms with E-state index in [0.717, 1.165) is 16.8 Å². The molecule has 0 aliphatic heterocycles. The first-order valence-corrected chi connectivity index (χ1v) is 4.84. The van der Waals surface area contributed by atoms with E-state index in [-0.39, 0.29) is 12.6 Å². The van der Waals surface area contributed by atoms with Crippen LogP contribution in [0.2, 0.25) is 0 Å². The average Bonchev–Trinajstić information content (AvgIpc) is 2.28. The molecular weight excluding hydrogens is 192 g/mol. The Morgan fingerprint density at radius 1 is 1.53 bits per heavy atom. The van der Waals surface area contributed by atoms with Crippen LogP contribution in [0.5, 0.6) is 0 Å². The van der Waals surface area contributed by atoms with Gasteiger partial charge in [0.25, 0.3) is 0 Å². The smallest absolute Gasteiger partial charge is 0.207 e. The monoisotopic (exact) mass is 208 g/mol. The maximum atomic E-state index is 10.3. The molecule has 4 nitrogen and oxygen atoms in total. The Kier molecular flexibility index (Phi) is 4.12. The fourth-order valence-electron chi connectivity index (χ4n) is 1.46. The Bertz CT molecular complexity index is 339. The maximum Gasteiger partial charge on any atom is 0.207 e. The number of nitrogens with one attached hydrogen (secondary N) is 2. The standard InChI is InChI=1S/C11H16N2O2/c1-8(13-7-15)9-3-4-11(12-2)10(5-9)6-14/h3-5,7-8,12,14H,6H2,1-2H3,(H,13,15). The number of hydrogen-bond donors (Lipinski definition) is 3. The van der Waals surface area contributed by atoms with Gasteiger partial charge >= 0.3 is 0 Å². The fraction of sp³-hybridized carbons (Fsp3) is 0.364. The molecule has 1 rings (SSSR count). The Morgan fingerprint density at radius 2 is 2.27 bits per heavy atom. The van der Waals surface area contributed by atoms with Gasteiger partial charge in [-0.1, -0.05) is 6.07 Å². The van der Waals surface area contributed by atoms with E-state index in [2.05, 4.69) is 10.6 Å². The largest absolute Gasteiger partial charge is 0.392 e. The zero-order valence-electron chi connectivity index (χ0n) is 8.95. The number of amides is 1. The Morgan fingerprint density at radius 3 is 2.80 bits per heavy atom. The van der Waals surface area contributed by atoms with Crippen LogP contribution in [0.25, 0.3) is 0 Å². The third-order valence-corrected chi connectivity index (χ3v) is 2.39. The zero-order valence-corrected chi connectivity index (χ0v) is 8.95. The van der Waals surface area contributed by atoms with Gasteiger partial charge in [0.1, 0.15) is 0 Å². The van der Waals surface area contributed by atoms with Gasteiger partial charge in [-0.2, -0.15) is 0 Å². The first kappa shape index (κ1) is 11.5. The Labute approximate surface area is 89.3 Å². The molecule has 3 N–H and O–H groups in total. The third-order valence-electron chi connectivity index (χ3n) is 2.39. The molecule has 1 aromatic rings. The van der Waals surface area contributed by atoms with E-state index in [0.29, 0.717) is 6.41 Å². The van der Waals surface area contributed by atoms with Crippen LogP contribution in [-0.2, 0) is 11.4 Å². The van der Waals surface area contributed by atoms with Crippen molar-refractivity contribution in [1.29, 1.82) is 0 Å². The zero-order chi connectivity index (χ0) is 11.3. The SMILES string of the molecule is CNc1ccc(C(C)NC=O)cc1CO. The quantitative estimate of drug-likeness (QED) is 0.633. The first-order valence-electron chi connectivity index (χ1n) is 4.84. The van der Waals surface area contributed by atoms with Crippen LogP contribution in [0.15, 0.2) is 18.2 Å². The minimum Gasteiger partial charge on any atom is -0.392 e. The van der Waals surface area contributed by atoms with Crippen LogP contribution in [0.3, 0.4) is 0 Å². The lowest BCUT2D eigenvalue weighted by Gasteiger charge is -2.14. The highest BCUT2D eigenvalue weighted by Crippen LogP contribution is 2.20. The topological polar surface area (TPSA) is 61.4 Å². The van der Waals surface area contributed by atoms with Crippen molar-refractivity contribution in [2.24, 2.45) is 0 Å². The van der Waals surface area contributed by atoms with Crippen molar-refractivity contribution in [3.05, 3.63) is 29.3 Å². The van der Waals surface area contributed by atoms with Crippen LogP contribution < -0.4 is 10.6 Å². The number of aliphatic hydroxyl groups excluding tert-OH is 1. The van der Waals surface area contributed by atoms with Crippen LogP contribution in [0.1, 0.15) is 24.1 Å². The average molecular weight is 208 g/mol. The van der Waals surface area contributed by atoms with E-state index in [4.69, 9.17) is 5.11 Å². The summed E-state index contributed by atoms with van der Waals surface area (Å²) in [4.78, 5) is 10.3. The molecule has 0 fully saturated rings. The summed E-state index contributed by atoms with van der Waals surface area (Å²) in [6.45, 7) is 1.88. The van der Waals surface area contributed by atoms with Gasteiger partial charge in [0, 0.05) is 18.3 Å². The molecule has 0 aliphatic rings. The van der Waals surface area contributed by atoms with E-state index in [1.807, 2.05) is 25.1 Å². The van der Waals surface area contributed by atoms with Gasteiger partial charge in [-0.15, -0.1) is 0 Å². The van der Waals surface area contributed by atoms with Gasteiger partial charge in [0.15, 0.2) is 0 Å². The second-order valence-electron chi connectivity index (χ2n) is 3.33. The molecule has 0 radical (unpaired) electrons. The summed E-state index contributed by atoms with van der Waals surface area (Å²) in [5.41, 5.74) is 2.71. The molecule has 0 saturated carbocycles. The molecule has 1 aromatic carbocycles. The normalized spacial score (nSPS) is 11.9. The first-order chi connectivity index (χ1) is 7.22. The van der Waals surface area contributed by atoms with Crippen molar-refractivity contribution in [2.75, 3.05) is 12.4 Å². The lowest BCUT2D eigenvalue weighted by molar-refractivity contribution is -0.110. The molecule has 15 heavy (non-hydrogen) atoms. The van der Waals surface area contributed by atoms with Gasteiger partial charge in [-0.3, -0.25) is 4.79 Å². The summed E-state index contributed by atoms with van der Waals surface area (Å²) in [6.07, 6.45) is 0.676. The van der Waals surface area contributed by atoms with Crippen molar-refractivity contribution in [1.82, 2.24) is 5.32 Å². The molecule has 82 valence electrons. The van der Waals surface area contributed by atoms with Gasteiger partial charge in [0.05, 0.1) is 12.6 Å². The number of carbonyl (C=O) groups excluding carboxylic acids is 1. The Balaban J connectivity index is 2.96. The van der Waals surface area contributed by atoms with E-state index in [1.54, 1.807) is 7.05 Å². The summed E-state index contributed by atoms with van der Waals surface area (Å²) in [6, 6.07) is 5.65. The van der Waals surface area contributed by atoms with Crippen LogP contribution in [0, 0.1) is 0 Å². The van der Waals surface area contributed by atoms with E-state index < -0.39 is 0 Å². The van der Waals surface area contributed by atoms with Crippen molar-refractivity contribution in [3.63, 3.8) is 0 Å². The predicted molar refractivity (Wildman–Crippen MR) is 59.5 cm³/mol. The number of benzene rings is 1. The van der Waals surface area contributed by atoms with Crippen LogP contribution in [0.4, 0.5) is 5.69 Å². The van der Waals surface area contributed by atoms with E-state index in [9.17, 15) is 4.79 Å². The lowest BCUT2D eigenvalue weighted by Crippen LogP contribution is -2.16. The van der Waals surface area contributed by atoms with Crippen molar-refractivity contribution in [3.8, 4) is 0 Å². The number of anilines is 1. The number of aliphatic hydroxyl groups is 1. The van der Waals surface area contributed by atoms with Gasteiger partial charge in [-0.05, 0) is 24.6 Å². The molecule has 1 atom stereocenters. The summed E-state index contributed by atoms with van der Waals surface area (Å²) < 4.78 is 0. The molecule has 0 heterocycles. The highest BCUT2D eigenvalue weighted by atomic mass is 16.3. The van der Waals surface area contributed by atoms with E-state index >= 15 is 0 Å². The number of rotatable bonds is 5. The molecule has 4 heteroatoms. The molecule has 0 aromatic heterocycles. The molecule has 0 spiro atoms. The minimum absolute atomic E-state index is 0.0160. The van der Waals surface area contributed by atoms with Gasteiger partial charge < -0.3 is 15.7 Å². The summed E-state index contributed by atoms with van der Waals surface area (Å²) >= 11 is 0. The van der Waals surface area contributed by atoms with Gasteiger partial charge in [-0.25, -0.2) is 0 Å². The van der Waals surface area contributed by atoms with Crippen molar-refractivity contribution in [2.45, 2.75) is 19.6 Å². The predicted octanol–water partition coefficient (Wildman–Crippen LogP) is 1.03. The molecule has 0 aliphatic carbocycles. The van der Waals surface area contributed by atoms with Crippen LogP contribution >= 0.6 is 0 Å². The van der Waals surface area contributed by atoms with Crippen molar-refractivity contribution >= 4 is 12.1 Å². The molecular formula is C11H16N2O2. The molecule has 0 bridgehead atoms. The second kappa shape index (κ2) is 5.36. The number of carbonyl (C=O) groups is 1. The fourth-order valence-corrected chi connectivity index (χ4v) is 1.46. The van der Waals surface area contributed by atoms with Gasteiger partial charge in [0.2, 0.25) is 6.41 Å². The third kappa shape index (κ3) is 2.70. The van der Waals surface area contributed by atoms with Crippen molar-refractivity contribution < 1.29 is 9.90 Å². The highest BCUT2D eigenvalue weighted by molar-refractivity contribution is 5.53. The minimum atomic E-state index is -0.0429.